The maximum absolute atomic E-state index is 13.3. The minimum absolute atomic E-state index is 0.0302. The van der Waals surface area contributed by atoms with Crippen LogP contribution >= 0.6 is 11.6 Å². The Kier molecular flexibility index (Phi) is 11.1. The summed E-state index contributed by atoms with van der Waals surface area (Å²) in [6, 6.07) is 10.4. The second-order valence-corrected chi connectivity index (χ2v) is 14.6. The highest BCUT2D eigenvalue weighted by Crippen LogP contribution is 2.32. The molecule has 5 amide bonds. The van der Waals surface area contributed by atoms with Crippen molar-refractivity contribution in [2.75, 3.05) is 43.6 Å². The zero-order valence-corrected chi connectivity index (χ0v) is 32.4. The molecule has 0 radical (unpaired) electrons. The van der Waals surface area contributed by atoms with Crippen LogP contribution < -0.4 is 35.9 Å². The number of benzene rings is 2. The van der Waals surface area contributed by atoms with Crippen LogP contribution in [0.4, 0.5) is 17.5 Å². The molecule has 3 N–H and O–H groups in total. The summed E-state index contributed by atoms with van der Waals surface area (Å²) in [7, 11) is 1.49. The Morgan fingerprint density at radius 3 is 2.53 bits per heavy atom. The van der Waals surface area contributed by atoms with Crippen LogP contribution in [0, 0.1) is 0 Å². The molecule has 1 unspecified atom stereocenters. The number of anilines is 3. The van der Waals surface area contributed by atoms with Crippen LogP contribution in [-0.4, -0.2) is 101 Å². The average Bonchev–Trinajstić information content (AvgIpc) is 3.44. The number of carbonyl (C=O) groups is 5. The third kappa shape index (κ3) is 7.97. The number of pyridine rings is 1. The fourth-order valence-electron chi connectivity index (χ4n) is 7.10. The first-order valence-corrected chi connectivity index (χ1v) is 18.9. The Balaban J connectivity index is 1.06. The molecule has 3 aliphatic heterocycles. The molecule has 0 spiro atoms. The molecule has 0 bridgehead atoms. The largest absolute Gasteiger partial charge is 0.491 e. The van der Waals surface area contributed by atoms with Gasteiger partial charge in [0.05, 0.1) is 35.5 Å². The molecule has 298 valence electrons. The van der Waals surface area contributed by atoms with E-state index in [1.54, 1.807) is 16.7 Å². The van der Waals surface area contributed by atoms with Crippen LogP contribution in [0.3, 0.4) is 0 Å². The molecule has 4 aromatic rings. The van der Waals surface area contributed by atoms with Gasteiger partial charge in [-0.15, -0.1) is 0 Å². The van der Waals surface area contributed by atoms with E-state index < -0.39 is 35.8 Å². The zero-order chi connectivity index (χ0) is 40.5. The normalized spacial score (nSPS) is 19.5. The predicted molar refractivity (Wildman–Crippen MR) is 208 cm³/mol. The first kappa shape index (κ1) is 39.2. The number of morpholine rings is 1. The molecule has 2 aromatic heterocycles. The summed E-state index contributed by atoms with van der Waals surface area (Å²) in [4.78, 5) is 87.8. The van der Waals surface area contributed by atoms with Crippen LogP contribution in [-0.2, 0) is 19.1 Å². The fraction of sp³-hybridized carbons (Fsp3) is 0.385. The van der Waals surface area contributed by atoms with Crippen molar-refractivity contribution >= 4 is 69.5 Å². The lowest BCUT2D eigenvalue weighted by Crippen LogP contribution is -2.54. The average molecular weight is 801 g/mol. The summed E-state index contributed by atoms with van der Waals surface area (Å²) in [5, 5.41) is 8.92. The maximum atomic E-state index is 13.3. The van der Waals surface area contributed by atoms with Gasteiger partial charge in [0.1, 0.15) is 29.5 Å². The number of nitrogens with one attached hydrogen (secondary N) is 3. The first-order valence-electron chi connectivity index (χ1n) is 18.6. The van der Waals surface area contributed by atoms with E-state index >= 15 is 0 Å². The quantitative estimate of drug-likeness (QED) is 0.176. The van der Waals surface area contributed by atoms with Crippen molar-refractivity contribution in [3.8, 4) is 11.5 Å². The van der Waals surface area contributed by atoms with Gasteiger partial charge in [0, 0.05) is 37.1 Å². The standard InChI is InChI=1S/C39H41ClN8O9/c1-5-23-16-46(17-25(57-23)18-55-24-7-8-26-27(14-24)37(53)48(36(26)52)30-10-11-32(49)44-35(30)51)39-42-15-28(40)34(45-39)43-22-6-9-29-21(12-22)13-31(56-19-33(50)41-4)38(54)47(29)20(2)3/h6-9,12-15,20,23,25,30H,5,10-11,16-19H2,1-4H3,(H,41,50)(H,42,43,45)(H,44,49,51)/t23-,25-,30?/m0/s1. The summed E-state index contributed by atoms with van der Waals surface area (Å²) in [6.07, 6.45) is 1.70. The lowest BCUT2D eigenvalue weighted by atomic mass is 10.0. The molecule has 18 heteroatoms. The van der Waals surface area contributed by atoms with E-state index in [-0.39, 0.29) is 71.6 Å². The van der Waals surface area contributed by atoms with Gasteiger partial charge in [-0.05, 0) is 69.2 Å². The second-order valence-electron chi connectivity index (χ2n) is 14.2. The number of aromatic nitrogens is 3. The van der Waals surface area contributed by atoms with Crippen LogP contribution in [0.15, 0.2) is 53.5 Å². The molecule has 2 saturated heterocycles. The number of carbonyl (C=O) groups excluding carboxylic acids is 5. The number of halogens is 1. The van der Waals surface area contributed by atoms with E-state index in [2.05, 4.69) is 20.9 Å². The molecular weight excluding hydrogens is 760 g/mol. The van der Waals surface area contributed by atoms with Gasteiger partial charge in [-0.1, -0.05) is 18.5 Å². The fourth-order valence-corrected chi connectivity index (χ4v) is 7.24. The zero-order valence-electron chi connectivity index (χ0n) is 31.7. The summed E-state index contributed by atoms with van der Waals surface area (Å²) >= 11 is 6.59. The Bertz CT molecular complexity index is 2350. The number of ether oxygens (including phenoxy) is 3. The van der Waals surface area contributed by atoms with Crippen LogP contribution in [0.5, 0.6) is 11.5 Å². The monoisotopic (exact) mass is 800 g/mol. The van der Waals surface area contributed by atoms with E-state index in [9.17, 15) is 28.8 Å². The number of hydrogen-bond acceptors (Lipinski definition) is 13. The van der Waals surface area contributed by atoms with Crippen molar-refractivity contribution in [3.05, 3.63) is 75.2 Å². The van der Waals surface area contributed by atoms with Gasteiger partial charge in [0.25, 0.3) is 23.3 Å². The van der Waals surface area contributed by atoms with Crippen molar-refractivity contribution in [2.45, 2.75) is 64.3 Å². The summed E-state index contributed by atoms with van der Waals surface area (Å²) in [5.41, 5.74) is 1.24. The highest BCUT2D eigenvalue weighted by Gasteiger charge is 2.44. The topological polar surface area (TPSA) is 203 Å². The van der Waals surface area contributed by atoms with E-state index in [0.29, 0.717) is 53.6 Å². The number of likely N-dealkylation sites (N-methyl/N-ethyl adjacent to an activating group) is 1. The number of piperidine rings is 1. The molecular formula is C39H41ClN8O9. The number of imide groups is 2. The van der Waals surface area contributed by atoms with Crippen LogP contribution in [0.2, 0.25) is 5.02 Å². The minimum atomic E-state index is -1.06. The van der Waals surface area contributed by atoms with Gasteiger partial charge in [-0.2, -0.15) is 4.98 Å². The molecule has 3 aliphatic rings. The van der Waals surface area contributed by atoms with E-state index in [4.69, 9.17) is 30.8 Å². The summed E-state index contributed by atoms with van der Waals surface area (Å²) in [5.74, 6) is -1.56. The Morgan fingerprint density at radius 1 is 1.02 bits per heavy atom. The number of fused-ring (bicyclic) bond motifs is 2. The molecule has 0 saturated carbocycles. The van der Waals surface area contributed by atoms with Crippen molar-refractivity contribution in [2.24, 2.45) is 0 Å². The lowest BCUT2D eigenvalue weighted by molar-refractivity contribution is -0.136. The Hall–Kier alpha value is -6.07. The second kappa shape index (κ2) is 16.2. The van der Waals surface area contributed by atoms with E-state index in [1.807, 2.05) is 43.9 Å². The lowest BCUT2D eigenvalue weighted by Gasteiger charge is -2.37. The number of hydrogen-bond donors (Lipinski definition) is 3. The Morgan fingerprint density at radius 2 is 1.79 bits per heavy atom. The summed E-state index contributed by atoms with van der Waals surface area (Å²) in [6.45, 7) is 6.46. The highest BCUT2D eigenvalue weighted by molar-refractivity contribution is 6.33. The molecule has 5 heterocycles. The van der Waals surface area contributed by atoms with E-state index in [0.717, 1.165) is 4.90 Å². The van der Waals surface area contributed by atoms with Gasteiger partial charge in [-0.3, -0.25) is 39.0 Å². The van der Waals surface area contributed by atoms with Crippen LogP contribution in [0.25, 0.3) is 10.9 Å². The Labute approximate surface area is 331 Å². The van der Waals surface area contributed by atoms with Crippen molar-refractivity contribution in [1.29, 1.82) is 0 Å². The predicted octanol–water partition coefficient (Wildman–Crippen LogP) is 3.36. The molecule has 7 rings (SSSR count). The van der Waals surface area contributed by atoms with Gasteiger partial charge in [-0.25, -0.2) is 4.98 Å². The van der Waals surface area contributed by atoms with Gasteiger partial charge in [0.2, 0.25) is 17.8 Å². The third-order valence-electron chi connectivity index (χ3n) is 9.97. The van der Waals surface area contributed by atoms with Crippen molar-refractivity contribution in [3.63, 3.8) is 0 Å². The van der Waals surface area contributed by atoms with Gasteiger partial charge < -0.3 is 34.3 Å². The smallest absolute Gasteiger partial charge is 0.293 e. The van der Waals surface area contributed by atoms with Crippen molar-refractivity contribution in [1.82, 2.24) is 30.1 Å². The number of amides is 5. The highest BCUT2D eigenvalue weighted by atomic mass is 35.5. The summed E-state index contributed by atoms with van der Waals surface area (Å²) < 4.78 is 19.6. The molecule has 17 nitrogen and oxygen atoms in total. The van der Waals surface area contributed by atoms with Gasteiger partial charge >= 0.3 is 0 Å². The molecule has 2 aromatic carbocycles. The minimum Gasteiger partial charge on any atom is -0.491 e. The molecule has 2 fully saturated rings. The molecule has 3 atom stereocenters. The maximum Gasteiger partial charge on any atom is 0.293 e. The van der Waals surface area contributed by atoms with Crippen LogP contribution in [0.1, 0.15) is 66.8 Å². The van der Waals surface area contributed by atoms with Crippen molar-refractivity contribution < 1.29 is 38.2 Å². The number of nitrogens with zero attached hydrogens (tertiary/aromatic N) is 5. The first-order chi connectivity index (χ1) is 27.3. The number of rotatable bonds is 12. The molecule has 0 aliphatic carbocycles. The van der Waals surface area contributed by atoms with E-state index in [1.165, 1.54) is 25.4 Å². The van der Waals surface area contributed by atoms with Gasteiger partial charge in [0.15, 0.2) is 18.2 Å². The molecule has 57 heavy (non-hydrogen) atoms. The SMILES string of the molecule is CC[C@H]1CN(c2ncc(Cl)c(Nc3ccc4c(c3)cc(OCC(=O)NC)c(=O)n4C(C)C)n2)C[C@@H](COc2ccc3c(c2)C(=O)N(C2CCC(=O)NC2=O)C3=O)O1. The third-order valence-corrected chi connectivity index (χ3v) is 10.2.